The lowest BCUT2D eigenvalue weighted by atomic mass is 9.84. The highest BCUT2D eigenvalue weighted by Gasteiger charge is 2.19. The lowest BCUT2D eigenvalue weighted by Crippen LogP contribution is -2.16. The largest absolute Gasteiger partial charge is 0.497 e. The number of rotatable bonds is 8. The summed E-state index contributed by atoms with van der Waals surface area (Å²) < 4.78 is 10.7. The SMILES string of the molecule is CCCCN/C=C/C(C)(C)c1cc(OC)cc(OC)c1. The number of nitrogens with one attached hydrogen (secondary N) is 1. The van der Waals surface area contributed by atoms with Crippen LogP contribution in [0.2, 0.25) is 0 Å². The molecule has 3 heteroatoms. The van der Waals surface area contributed by atoms with Gasteiger partial charge in [-0.25, -0.2) is 0 Å². The Balaban J connectivity index is 2.84. The summed E-state index contributed by atoms with van der Waals surface area (Å²) in [5, 5.41) is 3.33. The summed E-state index contributed by atoms with van der Waals surface area (Å²) in [6.07, 6.45) is 6.62. The molecule has 0 aliphatic rings. The lowest BCUT2D eigenvalue weighted by Gasteiger charge is -2.22. The smallest absolute Gasteiger partial charge is 0.122 e. The Morgan fingerprint density at radius 1 is 1.10 bits per heavy atom. The molecule has 0 bridgehead atoms. The third-order valence-electron chi connectivity index (χ3n) is 3.39. The Labute approximate surface area is 123 Å². The van der Waals surface area contributed by atoms with Crippen LogP contribution < -0.4 is 14.8 Å². The third kappa shape index (κ3) is 4.80. The van der Waals surface area contributed by atoms with Gasteiger partial charge in [0, 0.05) is 18.0 Å². The van der Waals surface area contributed by atoms with Crippen molar-refractivity contribution >= 4 is 0 Å². The van der Waals surface area contributed by atoms with E-state index in [1.807, 2.05) is 12.3 Å². The fraction of sp³-hybridized carbons (Fsp3) is 0.529. The van der Waals surface area contributed by atoms with Crippen molar-refractivity contribution in [3.05, 3.63) is 36.0 Å². The van der Waals surface area contributed by atoms with E-state index in [1.165, 1.54) is 18.4 Å². The molecule has 0 saturated carbocycles. The second kappa shape index (κ2) is 7.83. The maximum atomic E-state index is 5.33. The van der Waals surface area contributed by atoms with Crippen molar-refractivity contribution in [3.63, 3.8) is 0 Å². The number of ether oxygens (including phenoxy) is 2. The van der Waals surface area contributed by atoms with Crippen molar-refractivity contribution in [2.24, 2.45) is 0 Å². The zero-order valence-corrected chi connectivity index (χ0v) is 13.3. The average Bonchev–Trinajstić information content (AvgIpc) is 2.46. The Morgan fingerprint density at radius 3 is 2.20 bits per heavy atom. The van der Waals surface area contributed by atoms with Crippen molar-refractivity contribution in [3.8, 4) is 11.5 Å². The molecule has 0 aromatic heterocycles. The molecule has 0 atom stereocenters. The van der Waals surface area contributed by atoms with Crippen molar-refractivity contribution in [2.75, 3.05) is 20.8 Å². The molecular weight excluding hydrogens is 250 g/mol. The van der Waals surface area contributed by atoms with Crippen LogP contribution >= 0.6 is 0 Å². The van der Waals surface area contributed by atoms with Gasteiger partial charge in [0.05, 0.1) is 14.2 Å². The van der Waals surface area contributed by atoms with E-state index in [0.29, 0.717) is 0 Å². The zero-order valence-electron chi connectivity index (χ0n) is 13.3. The van der Waals surface area contributed by atoms with Gasteiger partial charge in [-0.1, -0.05) is 33.3 Å². The minimum atomic E-state index is -0.0823. The van der Waals surface area contributed by atoms with Crippen LogP contribution in [0.15, 0.2) is 30.5 Å². The van der Waals surface area contributed by atoms with Crippen molar-refractivity contribution in [1.82, 2.24) is 5.32 Å². The third-order valence-corrected chi connectivity index (χ3v) is 3.39. The second-order valence-electron chi connectivity index (χ2n) is 5.46. The first-order chi connectivity index (χ1) is 9.53. The van der Waals surface area contributed by atoms with Gasteiger partial charge in [0.25, 0.3) is 0 Å². The molecule has 20 heavy (non-hydrogen) atoms. The minimum Gasteiger partial charge on any atom is -0.497 e. The van der Waals surface area contributed by atoms with E-state index in [1.54, 1.807) is 14.2 Å². The van der Waals surface area contributed by atoms with Gasteiger partial charge in [-0.05, 0) is 30.3 Å². The van der Waals surface area contributed by atoms with Crippen LogP contribution in [0, 0.1) is 0 Å². The van der Waals surface area contributed by atoms with E-state index in [4.69, 9.17) is 9.47 Å². The highest BCUT2D eigenvalue weighted by molar-refractivity contribution is 5.43. The molecule has 0 spiro atoms. The van der Waals surface area contributed by atoms with Gasteiger partial charge in [-0.2, -0.15) is 0 Å². The van der Waals surface area contributed by atoms with E-state index in [2.05, 4.69) is 44.3 Å². The van der Waals surface area contributed by atoms with Gasteiger partial charge in [0.1, 0.15) is 11.5 Å². The molecule has 112 valence electrons. The van der Waals surface area contributed by atoms with Gasteiger partial charge in [-0.3, -0.25) is 0 Å². The van der Waals surface area contributed by atoms with Crippen molar-refractivity contribution in [1.29, 1.82) is 0 Å². The van der Waals surface area contributed by atoms with Gasteiger partial charge in [0.2, 0.25) is 0 Å². The molecule has 1 rings (SSSR count). The molecule has 0 aliphatic carbocycles. The molecule has 1 aromatic carbocycles. The van der Waals surface area contributed by atoms with E-state index < -0.39 is 0 Å². The van der Waals surface area contributed by atoms with Crippen LogP contribution in [-0.4, -0.2) is 20.8 Å². The van der Waals surface area contributed by atoms with Gasteiger partial charge >= 0.3 is 0 Å². The van der Waals surface area contributed by atoms with Gasteiger partial charge in [-0.15, -0.1) is 0 Å². The molecule has 1 N–H and O–H groups in total. The van der Waals surface area contributed by atoms with E-state index in [0.717, 1.165) is 18.0 Å². The first-order valence-electron chi connectivity index (χ1n) is 7.18. The van der Waals surface area contributed by atoms with E-state index in [-0.39, 0.29) is 5.41 Å². The van der Waals surface area contributed by atoms with E-state index in [9.17, 15) is 0 Å². The monoisotopic (exact) mass is 277 g/mol. The van der Waals surface area contributed by atoms with Crippen LogP contribution in [0.5, 0.6) is 11.5 Å². The number of methoxy groups -OCH3 is 2. The quantitative estimate of drug-likeness (QED) is 0.731. The molecule has 3 nitrogen and oxygen atoms in total. The highest BCUT2D eigenvalue weighted by Crippen LogP contribution is 2.31. The first kappa shape index (κ1) is 16.4. The summed E-state index contributed by atoms with van der Waals surface area (Å²) in [6.45, 7) is 7.57. The van der Waals surface area contributed by atoms with Crippen LogP contribution in [0.1, 0.15) is 39.2 Å². The number of benzene rings is 1. The fourth-order valence-electron chi connectivity index (χ4n) is 1.91. The van der Waals surface area contributed by atoms with Crippen LogP contribution in [0.3, 0.4) is 0 Å². The Kier molecular flexibility index (Phi) is 6.43. The van der Waals surface area contributed by atoms with Gasteiger partial charge in [0.15, 0.2) is 0 Å². The summed E-state index contributed by atoms with van der Waals surface area (Å²) in [6, 6.07) is 6.00. The van der Waals surface area contributed by atoms with Crippen LogP contribution in [0.25, 0.3) is 0 Å². The summed E-state index contributed by atoms with van der Waals surface area (Å²) in [5.41, 5.74) is 1.09. The van der Waals surface area contributed by atoms with Crippen molar-refractivity contribution < 1.29 is 9.47 Å². The predicted molar refractivity (Wildman–Crippen MR) is 84.6 cm³/mol. The first-order valence-corrected chi connectivity index (χ1v) is 7.18. The predicted octanol–water partition coefficient (Wildman–Crippen LogP) is 3.88. The number of allylic oxidation sites excluding steroid dienone is 1. The molecule has 0 unspecified atom stereocenters. The van der Waals surface area contributed by atoms with Gasteiger partial charge < -0.3 is 14.8 Å². The molecule has 0 fully saturated rings. The molecule has 1 aromatic rings. The summed E-state index contributed by atoms with van der Waals surface area (Å²) in [7, 11) is 3.35. The molecule has 0 radical (unpaired) electrons. The second-order valence-corrected chi connectivity index (χ2v) is 5.46. The Morgan fingerprint density at radius 2 is 1.70 bits per heavy atom. The molecule has 0 saturated heterocycles. The Bertz CT molecular complexity index is 416. The van der Waals surface area contributed by atoms with Crippen LogP contribution in [0.4, 0.5) is 0 Å². The summed E-state index contributed by atoms with van der Waals surface area (Å²) >= 11 is 0. The number of hydrogen-bond acceptors (Lipinski definition) is 3. The maximum Gasteiger partial charge on any atom is 0.122 e. The number of hydrogen-bond donors (Lipinski definition) is 1. The molecule has 0 amide bonds. The number of unbranched alkanes of at least 4 members (excludes halogenated alkanes) is 1. The highest BCUT2D eigenvalue weighted by atomic mass is 16.5. The van der Waals surface area contributed by atoms with Crippen molar-refractivity contribution in [2.45, 2.75) is 39.0 Å². The Hall–Kier alpha value is -1.64. The minimum absolute atomic E-state index is 0.0823. The van der Waals surface area contributed by atoms with E-state index >= 15 is 0 Å². The lowest BCUT2D eigenvalue weighted by molar-refractivity contribution is 0.392. The van der Waals surface area contributed by atoms with Crippen LogP contribution in [-0.2, 0) is 5.41 Å². The molecular formula is C17H27NO2. The standard InChI is InChI=1S/C17H27NO2/c1-6-7-9-18-10-8-17(2,3)14-11-15(19-4)13-16(12-14)20-5/h8,10-13,18H,6-7,9H2,1-5H3/b10-8+. The molecule has 0 heterocycles. The maximum absolute atomic E-state index is 5.33. The average molecular weight is 277 g/mol. The zero-order chi connectivity index (χ0) is 15.0. The topological polar surface area (TPSA) is 30.5 Å². The summed E-state index contributed by atoms with van der Waals surface area (Å²) in [5.74, 6) is 1.64. The summed E-state index contributed by atoms with van der Waals surface area (Å²) in [4.78, 5) is 0. The normalized spacial score (nSPS) is 11.7. The molecule has 0 aliphatic heterocycles. The fourth-order valence-corrected chi connectivity index (χ4v) is 1.91.